The molecule has 2 N–H and O–H groups in total. The van der Waals surface area contributed by atoms with Gasteiger partial charge in [0, 0.05) is 22.3 Å². The number of benzene rings is 2. The fourth-order valence-corrected chi connectivity index (χ4v) is 3.42. The minimum absolute atomic E-state index is 0.296. The number of hydrogen-bond acceptors (Lipinski definition) is 3. The van der Waals surface area contributed by atoms with Crippen molar-refractivity contribution in [2.45, 2.75) is 52.4 Å². The molecular formula is C24H30O3. The van der Waals surface area contributed by atoms with Crippen molar-refractivity contribution < 1.29 is 14.9 Å². The maximum Gasteiger partial charge on any atom is 0.131 e. The van der Waals surface area contributed by atoms with E-state index in [9.17, 15) is 10.2 Å². The number of ether oxygens (including phenoxy) is 1. The molecule has 0 fully saturated rings. The van der Waals surface area contributed by atoms with Gasteiger partial charge in [-0.2, -0.15) is 0 Å². The summed E-state index contributed by atoms with van der Waals surface area (Å²) in [5, 5.41) is 20.6. The Labute approximate surface area is 162 Å². The van der Waals surface area contributed by atoms with E-state index < -0.39 is 0 Å². The largest absolute Gasteiger partial charge is 0.508 e. The Morgan fingerprint density at radius 1 is 0.741 bits per heavy atom. The Balaban J connectivity index is 2.56. The van der Waals surface area contributed by atoms with Crippen LogP contribution in [0.2, 0.25) is 0 Å². The number of aromatic hydroxyl groups is 2. The highest BCUT2D eigenvalue weighted by Crippen LogP contribution is 2.38. The highest BCUT2D eigenvalue weighted by molar-refractivity contribution is 5.54. The zero-order valence-corrected chi connectivity index (χ0v) is 16.4. The summed E-state index contributed by atoms with van der Waals surface area (Å²) in [7, 11) is 0. The van der Waals surface area contributed by atoms with Gasteiger partial charge < -0.3 is 14.9 Å². The molecule has 3 nitrogen and oxygen atoms in total. The van der Waals surface area contributed by atoms with Crippen molar-refractivity contribution >= 4 is 0 Å². The van der Waals surface area contributed by atoms with Gasteiger partial charge in [-0.1, -0.05) is 38.8 Å². The number of hydrogen-bond donors (Lipinski definition) is 2. The van der Waals surface area contributed by atoms with E-state index in [1.165, 1.54) is 0 Å². The lowest BCUT2D eigenvalue weighted by molar-refractivity contribution is 0.444. The second kappa shape index (κ2) is 9.86. The fourth-order valence-electron chi connectivity index (χ4n) is 3.42. The van der Waals surface area contributed by atoms with Crippen LogP contribution < -0.4 is 4.74 Å². The molecule has 0 aliphatic rings. The Kier molecular flexibility index (Phi) is 7.54. The van der Waals surface area contributed by atoms with Gasteiger partial charge in [-0.25, -0.2) is 0 Å². The lowest BCUT2D eigenvalue weighted by Crippen LogP contribution is -2.02. The van der Waals surface area contributed by atoms with Gasteiger partial charge >= 0.3 is 0 Å². The average Bonchev–Trinajstić information content (AvgIpc) is 2.65. The molecule has 2 aromatic rings. The third-order valence-electron chi connectivity index (χ3n) is 4.64. The third-order valence-corrected chi connectivity index (χ3v) is 4.64. The molecule has 0 heterocycles. The second-order valence-corrected chi connectivity index (χ2v) is 6.67. The van der Waals surface area contributed by atoms with Crippen LogP contribution in [-0.4, -0.2) is 10.2 Å². The molecular weight excluding hydrogens is 336 g/mol. The summed E-state index contributed by atoms with van der Waals surface area (Å²) in [6, 6.07) is 6.98. The minimum Gasteiger partial charge on any atom is -0.508 e. The zero-order valence-electron chi connectivity index (χ0n) is 16.4. The van der Waals surface area contributed by atoms with E-state index in [1.807, 2.05) is 12.2 Å². The van der Waals surface area contributed by atoms with Gasteiger partial charge in [-0.3, -0.25) is 0 Å². The minimum atomic E-state index is 0.296. The Bertz CT molecular complexity index is 738. The Hall–Kier alpha value is -2.68. The van der Waals surface area contributed by atoms with E-state index in [2.05, 4.69) is 27.0 Å². The average molecular weight is 367 g/mol. The molecule has 0 aromatic heterocycles. The van der Waals surface area contributed by atoms with E-state index in [4.69, 9.17) is 4.74 Å². The molecule has 0 saturated heterocycles. The van der Waals surface area contributed by atoms with Crippen LogP contribution >= 0.6 is 0 Å². The molecule has 0 unspecified atom stereocenters. The van der Waals surface area contributed by atoms with Crippen molar-refractivity contribution in [3.63, 3.8) is 0 Å². The number of allylic oxidation sites excluding steroid dienone is 2. The van der Waals surface area contributed by atoms with E-state index in [1.54, 1.807) is 24.3 Å². The summed E-state index contributed by atoms with van der Waals surface area (Å²) in [6.07, 6.45) is 8.32. The van der Waals surface area contributed by atoms with E-state index in [0.29, 0.717) is 24.3 Å². The standard InChI is InChI=1S/C24H30O3/c1-5-9-17-19(11-7-3)23(15-13-21(17)25)27-24-16-14-22(26)18(10-6-2)20(24)12-8-4/h7-8,13-16,25-26H,3-6,9-12H2,1-2H3. The van der Waals surface area contributed by atoms with E-state index >= 15 is 0 Å². The van der Waals surface area contributed by atoms with Crippen LogP contribution in [0.5, 0.6) is 23.0 Å². The summed E-state index contributed by atoms with van der Waals surface area (Å²) in [5.41, 5.74) is 3.74. The van der Waals surface area contributed by atoms with Crippen molar-refractivity contribution in [1.29, 1.82) is 0 Å². The summed E-state index contributed by atoms with van der Waals surface area (Å²) in [6.45, 7) is 11.9. The van der Waals surface area contributed by atoms with Crippen LogP contribution in [0.15, 0.2) is 49.6 Å². The predicted octanol–water partition coefficient (Wildman–Crippen LogP) is 6.25. The molecule has 0 saturated carbocycles. The number of phenolic OH excluding ortho intramolecular Hbond substituents is 2. The van der Waals surface area contributed by atoms with Gasteiger partial charge in [0.25, 0.3) is 0 Å². The Morgan fingerprint density at radius 3 is 1.48 bits per heavy atom. The lowest BCUT2D eigenvalue weighted by atomic mass is 9.97. The molecule has 0 spiro atoms. The first-order chi connectivity index (χ1) is 13.1. The number of rotatable bonds is 10. The molecule has 0 bridgehead atoms. The molecule has 0 atom stereocenters. The van der Waals surface area contributed by atoms with Crippen LogP contribution in [0.4, 0.5) is 0 Å². The van der Waals surface area contributed by atoms with Crippen LogP contribution in [0.3, 0.4) is 0 Å². The highest BCUT2D eigenvalue weighted by Gasteiger charge is 2.17. The van der Waals surface area contributed by atoms with E-state index in [-0.39, 0.29) is 0 Å². The molecule has 27 heavy (non-hydrogen) atoms. The topological polar surface area (TPSA) is 49.7 Å². The molecule has 2 aromatic carbocycles. The molecule has 0 amide bonds. The first kappa shape index (κ1) is 20.6. The van der Waals surface area contributed by atoms with Crippen molar-refractivity contribution in [3.8, 4) is 23.0 Å². The normalized spacial score (nSPS) is 10.6. The summed E-state index contributed by atoms with van der Waals surface area (Å²) in [5.74, 6) is 2.03. The maximum atomic E-state index is 10.3. The van der Waals surface area contributed by atoms with Gasteiger partial charge in [0.2, 0.25) is 0 Å². The van der Waals surface area contributed by atoms with Crippen LogP contribution in [-0.2, 0) is 25.7 Å². The van der Waals surface area contributed by atoms with E-state index in [0.717, 1.165) is 59.4 Å². The molecule has 0 aliphatic carbocycles. The summed E-state index contributed by atoms with van der Waals surface area (Å²) in [4.78, 5) is 0. The van der Waals surface area contributed by atoms with Gasteiger partial charge in [0.1, 0.15) is 23.0 Å². The van der Waals surface area contributed by atoms with Crippen molar-refractivity contribution in [2.24, 2.45) is 0 Å². The fraction of sp³-hybridized carbons (Fsp3) is 0.333. The first-order valence-corrected chi connectivity index (χ1v) is 9.64. The summed E-state index contributed by atoms with van der Waals surface area (Å²) >= 11 is 0. The summed E-state index contributed by atoms with van der Waals surface area (Å²) < 4.78 is 6.31. The molecule has 0 radical (unpaired) electrons. The van der Waals surface area contributed by atoms with Crippen molar-refractivity contribution in [2.75, 3.05) is 0 Å². The quantitative estimate of drug-likeness (QED) is 0.488. The second-order valence-electron chi connectivity index (χ2n) is 6.67. The maximum absolute atomic E-state index is 10.3. The SMILES string of the molecule is C=CCc1c(Oc2ccc(O)c(CCC)c2CC=C)ccc(O)c1CCC. The van der Waals surface area contributed by atoms with Gasteiger partial charge in [-0.15, -0.1) is 13.2 Å². The van der Waals surface area contributed by atoms with Crippen molar-refractivity contribution in [1.82, 2.24) is 0 Å². The smallest absolute Gasteiger partial charge is 0.131 e. The van der Waals surface area contributed by atoms with Gasteiger partial charge in [0.05, 0.1) is 0 Å². The van der Waals surface area contributed by atoms with Crippen molar-refractivity contribution in [3.05, 3.63) is 71.8 Å². The van der Waals surface area contributed by atoms with Crippen LogP contribution in [0.1, 0.15) is 48.9 Å². The molecule has 3 heteroatoms. The predicted molar refractivity (Wildman–Crippen MR) is 112 cm³/mol. The van der Waals surface area contributed by atoms with Gasteiger partial charge in [0.15, 0.2) is 0 Å². The third kappa shape index (κ3) is 4.73. The zero-order chi connectivity index (χ0) is 19.8. The first-order valence-electron chi connectivity index (χ1n) is 9.64. The Morgan fingerprint density at radius 2 is 1.15 bits per heavy atom. The van der Waals surface area contributed by atoms with Gasteiger partial charge in [-0.05, 0) is 49.9 Å². The molecule has 0 aliphatic heterocycles. The lowest BCUT2D eigenvalue weighted by Gasteiger charge is -2.19. The monoisotopic (exact) mass is 366 g/mol. The number of phenols is 2. The highest BCUT2D eigenvalue weighted by atomic mass is 16.5. The molecule has 144 valence electrons. The van der Waals surface area contributed by atoms with Crippen LogP contribution in [0.25, 0.3) is 0 Å². The van der Waals surface area contributed by atoms with Crippen LogP contribution in [0, 0.1) is 0 Å². The molecule has 2 rings (SSSR count).